The van der Waals surface area contributed by atoms with Gasteiger partial charge in [-0.3, -0.25) is 14.5 Å². The van der Waals surface area contributed by atoms with E-state index >= 15 is 0 Å². The largest absolute Gasteiger partial charge is 0.355 e. The number of benzene rings is 1. The molecule has 0 radical (unpaired) electrons. The predicted octanol–water partition coefficient (Wildman–Crippen LogP) is 1.76. The van der Waals surface area contributed by atoms with Crippen molar-refractivity contribution in [1.82, 2.24) is 15.1 Å². The van der Waals surface area contributed by atoms with Gasteiger partial charge in [-0.15, -0.1) is 0 Å². The monoisotopic (exact) mass is 361 g/mol. The fraction of sp³-hybridized carbons (Fsp3) is 0.579. The van der Waals surface area contributed by atoms with E-state index < -0.39 is 5.92 Å². The minimum atomic E-state index is -0.465. The van der Waals surface area contributed by atoms with E-state index in [0.29, 0.717) is 18.9 Å². The van der Waals surface area contributed by atoms with E-state index in [-0.39, 0.29) is 17.2 Å². The lowest BCUT2D eigenvalue weighted by molar-refractivity contribution is -0.140. The van der Waals surface area contributed by atoms with Gasteiger partial charge >= 0.3 is 0 Å². The molecule has 3 heterocycles. The molecular formula is C19H24ClN3O2. The molecule has 2 amide bonds. The van der Waals surface area contributed by atoms with Crippen LogP contribution < -0.4 is 5.32 Å². The van der Waals surface area contributed by atoms with E-state index in [1.807, 2.05) is 17.0 Å². The summed E-state index contributed by atoms with van der Waals surface area (Å²) in [5.74, 6) is -0.0627. The number of halogens is 1. The van der Waals surface area contributed by atoms with Gasteiger partial charge in [-0.25, -0.2) is 0 Å². The van der Waals surface area contributed by atoms with Crippen LogP contribution in [0.1, 0.15) is 18.9 Å². The van der Waals surface area contributed by atoms with Gasteiger partial charge in [0.2, 0.25) is 11.8 Å². The highest BCUT2D eigenvalue weighted by molar-refractivity contribution is 6.30. The lowest BCUT2D eigenvalue weighted by Crippen LogP contribution is -2.40. The van der Waals surface area contributed by atoms with Gasteiger partial charge in [0.1, 0.15) is 5.92 Å². The standard InChI is InChI=1S/C19H24ClN3O2/c1-19-11-22(8-13-2-4-15(20)5-3-13)9-14(19)10-23(12-19)18(25)16-6-7-21-17(16)24/h2-5,14,16H,6-12H2,1H3,(H,21,24)/t14-,16?,19+/m0/s1. The molecule has 1 unspecified atom stereocenters. The molecule has 25 heavy (non-hydrogen) atoms. The van der Waals surface area contributed by atoms with Crippen molar-refractivity contribution in [2.24, 2.45) is 17.3 Å². The van der Waals surface area contributed by atoms with Gasteiger partial charge in [0.05, 0.1) is 0 Å². The van der Waals surface area contributed by atoms with Gasteiger partial charge in [-0.05, 0) is 30.0 Å². The lowest BCUT2D eigenvalue weighted by atomic mass is 9.83. The van der Waals surface area contributed by atoms with Crippen LogP contribution >= 0.6 is 11.6 Å². The average molecular weight is 362 g/mol. The number of likely N-dealkylation sites (tertiary alicyclic amines) is 2. The van der Waals surface area contributed by atoms with Gasteiger partial charge in [-0.1, -0.05) is 30.7 Å². The first-order valence-corrected chi connectivity index (χ1v) is 9.36. The Morgan fingerprint density at radius 2 is 2.04 bits per heavy atom. The number of rotatable bonds is 3. The van der Waals surface area contributed by atoms with Crippen molar-refractivity contribution in [2.45, 2.75) is 19.9 Å². The highest BCUT2D eigenvalue weighted by Gasteiger charge is 2.51. The molecule has 0 aliphatic carbocycles. The number of amides is 2. The van der Waals surface area contributed by atoms with Crippen LogP contribution in [-0.2, 0) is 16.1 Å². The Hall–Kier alpha value is -1.59. The Labute approximate surface area is 153 Å². The number of fused-ring (bicyclic) bond motifs is 1. The van der Waals surface area contributed by atoms with Crippen molar-refractivity contribution in [3.05, 3.63) is 34.9 Å². The number of hydrogen-bond donors (Lipinski definition) is 1. The van der Waals surface area contributed by atoms with Crippen LogP contribution in [0.4, 0.5) is 0 Å². The second-order valence-electron chi connectivity index (χ2n) is 8.00. The molecule has 3 atom stereocenters. The van der Waals surface area contributed by atoms with E-state index in [4.69, 9.17) is 11.6 Å². The van der Waals surface area contributed by atoms with Gasteiger partial charge < -0.3 is 10.2 Å². The SMILES string of the molecule is C[C@]12CN(Cc3ccc(Cl)cc3)C[C@H]1CN(C(=O)C1CCNC1=O)C2. The first kappa shape index (κ1) is 16.9. The second kappa shape index (κ2) is 6.29. The topological polar surface area (TPSA) is 52.6 Å². The molecule has 3 fully saturated rings. The van der Waals surface area contributed by atoms with Crippen molar-refractivity contribution >= 4 is 23.4 Å². The van der Waals surface area contributed by atoms with Gasteiger partial charge in [-0.2, -0.15) is 0 Å². The number of nitrogens with zero attached hydrogens (tertiary/aromatic N) is 2. The second-order valence-corrected chi connectivity index (χ2v) is 8.43. The summed E-state index contributed by atoms with van der Waals surface area (Å²) >= 11 is 5.96. The third kappa shape index (κ3) is 3.15. The van der Waals surface area contributed by atoms with Gasteiger partial charge in [0.15, 0.2) is 0 Å². The van der Waals surface area contributed by atoms with Crippen LogP contribution in [-0.4, -0.2) is 54.3 Å². The van der Waals surface area contributed by atoms with Crippen molar-refractivity contribution in [2.75, 3.05) is 32.7 Å². The zero-order valence-corrected chi connectivity index (χ0v) is 15.3. The molecule has 4 rings (SSSR count). The van der Waals surface area contributed by atoms with E-state index in [9.17, 15) is 9.59 Å². The molecule has 6 heteroatoms. The van der Waals surface area contributed by atoms with Crippen LogP contribution in [0.5, 0.6) is 0 Å². The molecule has 134 valence electrons. The highest BCUT2D eigenvalue weighted by Crippen LogP contribution is 2.43. The van der Waals surface area contributed by atoms with E-state index in [2.05, 4.69) is 29.3 Å². The molecule has 1 aromatic carbocycles. The summed E-state index contributed by atoms with van der Waals surface area (Å²) < 4.78 is 0. The van der Waals surface area contributed by atoms with Crippen molar-refractivity contribution in [3.63, 3.8) is 0 Å². The summed E-state index contributed by atoms with van der Waals surface area (Å²) in [6.45, 7) is 7.34. The quantitative estimate of drug-likeness (QED) is 0.835. The molecule has 3 saturated heterocycles. The van der Waals surface area contributed by atoms with Gasteiger partial charge in [0, 0.05) is 49.7 Å². The summed E-state index contributed by atoms with van der Waals surface area (Å²) in [6, 6.07) is 8.02. The third-order valence-corrected chi connectivity index (χ3v) is 6.27. The van der Waals surface area contributed by atoms with E-state index in [1.54, 1.807) is 0 Å². The first-order valence-electron chi connectivity index (χ1n) is 8.98. The lowest BCUT2D eigenvalue weighted by Gasteiger charge is -2.26. The van der Waals surface area contributed by atoms with E-state index in [0.717, 1.165) is 37.7 Å². The van der Waals surface area contributed by atoms with Crippen LogP contribution in [0.25, 0.3) is 0 Å². The Bertz CT molecular complexity index is 692. The smallest absolute Gasteiger partial charge is 0.235 e. The number of carbonyl (C=O) groups is 2. The Morgan fingerprint density at radius 3 is 2.68 bits per heavy atom. The molecule has 0 bridgehead atoms. The van der Waals surface area contributed by atoms with Crippen molar-refractivity contribution in [3.8, 4) is 0 Å². The fourth-order valence-electron chi connectivity index (χ4n) is 4.65. The molecule has 0 saturated carbocycles. The first-order chi connectivity index (χ1) is 11.9. The van der Waals surface area contributed by atoms with Crippen molar-refractivity contribution < 1.29 is 9.59 Å². The number of carbonyl (C=O) groups excluding carboxylic acids is 2. The van der Waals surface area contributed by atoms with Gasteiger partial charge in [0.25, 0.3) is 0 Å². The molecular weight excluding hydrogens is 338 g/mol. The molecule has 0 aromatic heterocycles. The Balaban J connectivity index is 1.38. The number of hydrogen-bond acceptors (Lipinski definition) is 3. The van der Waals surface area contributed by atoms with Crippen LogP contribution in [0.15, 0.2) is 24.3 Å². The molecule has 0 spiro atoms. The van der Waals surface area contributed by atoms with Crippen molar-refractivity contribution in [1.29, 1.82) is 0 Å². The van der Waals surface area contributed by atoms with Crippen LogP contribution in [0, 0.1) is 17.3 Å². The predicted molar refractivity (Wildman–Crippen MR) is 96.0 cm³/mol. The minimum Gasteiger partial charge on any atom is -0.355 e. The normalized spacial score (nSPS) is 32.1. The highest BCUT2D eigenvalue weighted by atomic mass is 35.5. The summed E-state index contributed by atoms with van der Waals surface area (Å²) in [7, 11) is 0. The maximum Gasteiger partial charge on any atom is 0.235 e. The Kier molecular flexibility index (Phi) is 4.24. The maximum atomic E-state index is 12.7. The molecule has 1 N–H and O–H groups in total. The molecule has 3 aliphatic heterocycles. The molecule has 1 aromatic rings. The third-order valence-electron chi connectivity index (χ3n) is 6.02. The summed E-state index contributed by atoms with van der Waals surface area (Å²) in [6.07, 6.45) is 0.637. The maximum absolute atomic E-state index is 12.7. The van der Waals surface area contributed by atoms with Crippen LogP contribution in [0.2, 0.25) is 5.02 Å². The zero-order valence-electron chi connectivity index (χ0n) is 14.5. The zero-order chi connectivity index (χ0) is 17.6. The average Bonchev–Trinajstić information content (AvgIpc) is 3.20. The molecule has 5 nitrogen and oxygen atoms in total. The fourth-order valence-corrected chi connectivity index (χ4v) is 4.77. The summed E-state index contributed by atoms with van der Waals surface area (Å²) in [4.78, 5) is 28.9. The Morgan fingerprint density at radius 1 is 1.28 bits per heavy atom. The summed E-state index contributed by atoms with van der Waals surface area (Å²) in [5, 5.41) is 3.53. The minimum absolute atomic E-state index is 0.0230. The summed E-state index contributed by atoms with van der Waals surface area (Å²) in [5.41, 5.74) is 1.39. The van der Waals surface area contributed by atoms with E-state index in [1.165, 1.54) is 5.56 Å². The van der Waals surface area contributed by atoms with Crippen LogP contribution in [0.3, 0.4) is 0 Å². The number of nitrogens with one attached hydrogen (secondary N) is 1. The molecule has 3 aliphatic rings.